The molecule has 3 rings (SSSR count). The Balaban J connectivity index is 1.56. The summed E-state index contributed by atoms with van der Waals surface area (Å²) in [5.74, 6) is 1.35. The predicted molar refractivity (Wildman–Crippen MR) is 88.6 cm³/mol. The van der Waals surface area contributed by atoms with E-state index in [0.29, 0.717) is 36.1 Å². The molecule has 0 saturated heterocycles. The van der Waals surface area contributed by atoms with Crippen LogP contribution in [0.1, 0.15) is 28.8 Å². The lowest BCUT2D eigenvalue weighted by atomic mass is 10.1. The van der Waals surface area contributed by atoms with E-state index in [1.165, 1.54) is 0 Å². The maximum atomic E-state index is 12.2. The van der Waals surface area contributed by atoms with Gasteiger partial charge in [0.05, 0.1) is 0 Å². The van der Waals surface area contributed by atoms with Crippen LogP contribution in [0.5, 0.6) is 11.5 Å². The van der Waals surface area contributed by atoms with E-state index in [9.17, 15) is 9.59 Å². The fourth-order valence-electron chi connectivity index (χ4n) is 2.40. The number of aromatic nitrogens is 1. The van der Waals surface area contributed by atoms with Crippen LogP contribution in [0.4, 0.5) is 5.82 Å². The highest BCUT2D eigenvalue weighted by atomic mass is 16.6. The first-order valence-electron chi connectivity index (χ1n) is 7.77. The van der Waals surface area contributed by atoms with Crippen LogP contribution in [0.15, 0.2) is 36.5 Å². The van der Waals surface area contributed by atoms with Gasteiger partial charge in [-0.05, 0) is 42.8 Å². The van der Waals surface area contributed by atoms with E-state index in [0.717, 1.165) is 5.56 Å². The summed E-state index contributed by atoms with van der Waals surface area (Å²) in [6.45, 7) is 2.90. The van der Waals surface area contributed by atoms with Crippen LogP contribution in [0, 0.1) is 6.92 Å². The second kappa shape index (κ2) is 7.12. The van der Waals surface area contributed by atoms with E-state index in [2.05, 4.69) is 10.3 Å². The van der Waals surface area contributed by atoms with E-state index in [1.54, 1.807) is 30.5 Å². The maximum Gasteiger partial charge on any atom is 0.225 e. The summed E-state index contributed by atoms with van der Waals surface area (Å²) in [7, 11) is 0. The summed E-state index contributed by atoms with van der Waals surface area (Å²) < 4.78 is 10.9. The van der Waals surface area contributed by atoms with Crippen molar-refractivity contribution in [1.29, 1.82) is 0 Å². The highest BCUT2D eigenvalue weighted by Crippen LogP contribution is 2.31. The largest absolute Gasteiger partial charge is 0.486 e. The number of pyridine rings is 1. The SMILES string of the molecule is Cc1ccnc(NC(=O)CCC(=O)c2ccc3c(c2)OCCO3)c1. The highest BCUT2D eigenvalue weighted by molar-refractivity contribution is 6.00. The molecule has 0 bridgehead atoms. The minimum atomic E-state index is -0.237. The van der Waals surface area contributed by atoms with E-state index in [-0.39, 0.29) is 24.5 Å². The van der Waals surface area contributed by atoms with Crippen LogP contribution in [0.2, 0.25) is 0 Å². The van der Waals surface area contributed by atoms with Gasteiger partial charge in [0.15, 0.2) is 17.3 Å². The van der Waals surface area contributed by atoms with Crippen molar-refractivity contribution in [3.63, 3.8) is 0 Å². The van der Waals surface area contributed by atoms with Gasteiger partial charge in [-0.15, -0.1) is 0 Å². The number of benzene rings is 1. The van der Waals surface area contributed by atoms with Crippen LogP contribution in [0.3, 0.4) is 0 Å². The van der Waals surface area contributed by atoms with Gasteiger partial charge in [0.25, 0.3) is 0 Å². The molecule has 0 saturated carbocycles. The third-order valence-corrected chi connectivity index (χ3v) is 3.63. The van der Waals surface area contributed by atoms with Gasteiger partial charge in [-0.25, -0.2) is 4.98 Å². The summed E-state index contributed by atoms with van der Waals surface area (Å²) in [6, 6.07) is 8.70. The number of fused-ring (bicyclic) bond motifs is 1. The Bertz CT molecular complexity index is 773. The summed E-state index contributed by atoms with van der Waals surface area (Å²) in [5, 5.41) is 2.69. The molecule has 2 aromatic rings. The Morgan fingerprint density at radius 1 is 1.08 bits per heavy atom. The number of ether oxygens (including phenoxy) is 2. The molecule has 124 valence electrons. The lowest BCUT2D eigenvalue weighted by Crippen LogP contribution is -2.16. The molecule has 1 aromatic heterocycles. The highest BCUT2D eigenvalue weighted by Gasteiger charge is 2.16. The van der Waals surface area contributed by atoms with Gasteiger partial charge in [-0.3, -0.25) is 9.59 Å². The van der Waals surface area contributed by atoms with Gasteiger partial charge in [0.1, 0.15) is 19.0 Å². The number of carbonyl (C=O) groups is 2. The van der Waals surface area contributed by atoms with Gasteiger partial charge in [0.2, 0.25) is 5.91 Å². The van der Waals surface area contributed by atoms with Crippen LogP contribution in [0.25, 0.3) is 0 Å². The molecule has 1 aliphatic rings. The number of aryl methyl sites for hydroxylation is 1. The number of amides is 1. The molecular weight excluding hydrogens is 308 g/mol. The predicted octanol–water partition coefficient (Wildman–Crippen LogP) is 2.76. The van der Waals surface area contributed by atoms with E-state index in [1.807, 2.05) is 13.0 Å². The van der Waals surface area contributed by atoms with Crippen molar-refractivity contribution in [2.24, 2.45) is 0 Å². The fourth-order valence-corrected chi connectivity index (χ4v) is 2.40. The fraction of sp³-hybridized carbons (Fsp3) is 0.278. The van der Waals surface area contributed by atoms with Crippen molar-refractivity contribution in [3.8, 4) is 11.5 Å². The van der Waals surface area contributed by atoms with Crippen molar-refractivity contribution in [2.75, 3.05) is 18.5 Å². The zero-order valence-electron chi connectivity index (χ0n) is 13.4. The molecular formula is C18H18N2O4. The second-order valence-corrected chi connectivity index (χ2v) is 5.55. The van der Waals surface area contributed by atoms with E-state index in [4.69, 9.17) is 9.47 Å². The van der Waals surface area contributed by atoms with E-state index < -0.39 is 0 Å². The maximum absolute atomic E-state index is 12.2. The van der Waals surface area contributed by atoms with Crippen molar-refractivity contribution in [1.82, 2.24) is 4.98 Å². The molecule has 0 fully saturated rings. The topological polar surface area (TPSA) is 77.5 Å². The third kappa shape index (κ3) is 3.90. The monoisotopic (exact) mass is 326 g/mol. The number of carbonyl (C=O) groups excluding carboxylic acids is 2. The zero-order valence-corrected chi connectivity index (χ0v) is 13.4. The Kier molecular flexibility index (Phi) is 4.74. The standard InChI is InChI=1S/C18H18N2O4/c1-12-6-7-19-17(10-12)20-18(22)5-3-14(21)13-2-4-15-16(11-13)24-9-8-23-15/h2,4,6-7,10-11H,3,5,8-9H2,1H3,(H,19,20,22). The molecule has 1 amide bonds. The number of anilines is 1. The second-order valence-electron chi connectivity index (χ2n) is 5.55. The summed E-state index contributed by atoms with van der Waals surface area (Å²) in [4.78, 5) is 28.3. The molecule has 1 N–H and O–H groups in total. The minimum absolute atomic E-state index is 0.100. The van der Waals surface area contributed by atoms with Crippen molar-refractivity contribution < 1.29 is 19.1 Å². The molecule has 2 heterocycles. The number of nitrogens with one attached hydrogen (secondary N) is 1. The summed E-state index contributed by atoms with van der Waals surface area (Å²) in [6.07, 6.45) is 1.85. The Morgan fingerprint density at radius 3 is 2.67 bits per heavy atom. The normalized spacial score (nSPS) is 12.5. The van der Waals surface area contributed by atoms with Crippen molar-refractivity contribution in [2.45, 2.75) is 19.8 Å². The molecule has 6 heteroatoms. The minimum Gasteiger partial charge on any atom is -0.486 e. The van der Waals surface area contributed by atoms with Gasteiger partial charge < -0.3 is 14.8 Å². The molecule has 0 radical (unpaired) electrons. The van der Waals surface area contributed by atoms with Crippen LogP contribution < -0.4 is 14.8 Å². The molecule has 0 unspecified atom stereocenters. The molecule has 0 aliphatic carbocycles. The number of ketones is 1. The lowest BCUT2D eigenvalue weighted by Gasteiger charge is -2.18. The molecule has 1 aliphatic heterocycles. The number of hydrogen-bond donors (Lipinski definition) is 1. The zero-order chi connectivity index (χ0) is 16.9. The number of nitrogens with zero attached hydrogens (tertiary/aromatic N) is 1. The lowest BCUT2D eigenvalue weighted by molar-refractivity contribution is -0.116. The first kappa shape index (κ1) is 16.0. The third-order valence-electron chi connectivity index (χ3n) is 3.63. The molecule has 0 atom stereocenters. The first-order valence-corrected chi connectivity index (χ1v) is 7.77. The van der Waals surface area contributed by atoms with Gasteiger partial charge in [0, 0.05) is 24.6 Å². The van der Waals surface area contributed by atoms with E-state index >= 15 is 0 Å². The summed E-state index contributed by atoms with van der Waals surface area (Å²) >= 11 is 0. The Hall–Kier alpha value is -2.89. The number of Topliss-reactive ketones (excluding diaryl/α,β-unsaturated/α-hetero) is 1. The average molecular weight is 326 g/mol. The quantitative estimate of drug-likeness (QED) is 0.855. The first-order chi connectivity index (χ1) is 11.6. The number of rotatable bonds is 5. The smallest absolute Gasteiger partial charge is 0.225 e. The van der Waals surface area contributed by atoms with Gasteiger partial charge >= 0.3 is 0 Å². The average Bonchev–Trinajstić information content (AvgIpc) is 2.59. The van der Waals surface area contributed by atoms with Crippen LogP contribution in [-0.4, -0.2) is 29.9 Å². The van der Waals surface area contributed by atoms with Gasteiger partial charge in [-0.1, -0.05) is 0 Å². The Labute approximate surface area is 139 Å². The molecule has 1 aromatic carbocycles. The van der Waals surface area contributed by atoms with Gasteiger partial charge in [-0.2, -0.15) is 0 Å². The molecule has 6 nitrogen and oxygen atoms in total. The molecule has 24 heavy (non-hydrogen) atoms. The number of hydrogen-bond acceptors (Lipinski definition) is 5. The Morgan fingerprint density at radius 2 is 1.88 bits per heavy atom. The van der Waals surface area contributed by atoms with Crippen LogP contribution in [-0.2, 0) is 4.79 Å². The van der Waals surface area contributed by atoms with Crippen LogP contribution >= 0.6 is 0 Å². The molecule has 0 spiro atoms. The summed E-state index contributed by atoms with van der Waals surface area (Å²) in [5.41, 5.74) is 1.52. The van der Waals surface area contributed by atoms with Crippen molar-refractivity contribution >= 4 is 17.5 Å². The van der Waals surface area contributed by atoms with Crippen molar-refractivity contribution in [3.05, 3.63) is 47.7 Å².